The number of rotatable bonds is 4. The van der Waals surface area contributed by atoms with Gasteiger partial charge < -0.3 is 10.4 Å². The molecular formula is C19H19ClF5N3O2. The monoisotopic (exact) mass is 451 g/mol. The van der Waals surface area contributed by atoms with E-state index in [0.29, 0.717) is 6.07 Å². The summed E-state index contributed by atoms with van der Waals surface area (Å²) in [6.07, 6.45) is -5.95. The number of benzene rings is 1. The highest BCUT2D eigenvalue weighted by molar-refractivity contribution is 6.31. The second-order valence-electron chi connectivity index (χ2n) is 7.36. The largest absolute Gasteiger partial charge is 0.435 e. The van der Waals surface area contributed by atoms with E-state index in [9.17, 15) is 31.9 Å². The molecular weight excluding hydrogens is 433 g/mol. The molecule has 164 valence electrons. The number of aryl methyl sites for hydroxylation is 1. The standard InChI is InChI=1S/C19H19ClF5N3O2/c1-28-13(9-14(27-28)19(23,24)25)17(29)26-16(11-3-2-4-12(22)15(11)20)18(30)7-5-10(21)6-8-18/h2-4,9-10,16,30H,5-8H2,1H3,(H,26,29). The average Bonchev–Trinajstić information content (AvgIpc) is 3.07. The molecule has 30 heavy (non-hydrogen) atoms. The fourth-order valence-electron chi connectivity index (χ4n) is 3.64. The summed E-state index contributed by atoms with van der Waals surface area (Å²) >= 11 is 6.04. The van der Waals surface area contributed by atoms with Gasteiger partial charge >= 0.3 is 6.18 Å². The maximum absolute atomic E-state index is 14.0. The van der Waals surface area contributed by atoms with Gasteiger partial charge in [-0.1, -0.05) is 23.7 Å². The number of carbonyl (C=O) groups excluding carboxylic acids is 1. The number of nitrogens with one attached hydrogen (secondary N) is 1. The molecule has 1 aliphatic carbocycles. The van der Waals surface area contributed by atoms with Crippen molar-refractivity contribution in [3.63, 3.8) is 0 Å². The molecule has 1 fully saturated rings. The topological polar surface area (TPSA) is 67.2 Å². The van der Waals surface area contributed by atoms with Gasteiger partial charge in [0.25, 0.3) is 5.91 Å². The third-order valence-electron chi connectivity index (χ3n) is 5.29. The molecule has 1 saturated carbocycles. The highest BCUT2D eigenvalue weighted by atomic mass is 35.5. The van der Waals surface area contributed by atoms with Gasteiger partial charge in [-0.2, -0.15) is 18.3 Å². The van der Waals surface area contributed by atoms with E-state index in [1.165, 1.54) is 12.1 Å². The zero-order chi connectivity index (χ0) is 22.3. The van der Waals surface area contributed by atoms with E-state index in [-0.39, 0.29) is 36.3 Å². The van der Waals surface area contributed by atoms with Crippen LogP contribution in [0.5, 0.6) is 0 Å². The molecule has 11 heteroatoms. The lowest BCUT2D eigenvalue weighted by Crippen LogP contribution is -2.49. The van der Waals surface area contributed by atoms with Crippen molar-refractivity contribution in [1.82, 2.24) is 15.1 Å². The molecule has 3 rings (SSSR count). The van der Waals surface area contributed by atoms with Crippen molar-refractivity contribution in [1.29, 1.82) is 0 Å². The summed E-state index contributed by atoms with van der Waals surface area (Å²) in [7, 11) is 1.16. The lowest BCUT2D eigenvalue weighted by Gasteiger charge is -2.41. The molecule has 1 aromatic heterocycles. The number of halogens is 6. The molecule has 5 nitrogen and oxygen atoms in total. The zero-order valence-corrected chi connectivity index (χ0v) is 16.6. The Bertz CT molecular complexity index is 939. The average molecular weight is 452 g/mol. The maximum Gasteiger partial charge on any atom is 0.435 e. The summed E-state index contributed by atoms with van der Waals surface area (Å²) in [6, 6.07) is 3.10. The van der Waals surface area contributed by atoms with E-state index in [4.69, 9.17) is 11.6 Å². The normalized spacial score (nSPS) is 23.3. The van der Waals surface area contributed by atoms with Crippen molar-refractivity contribution >= 4 is 17.5 Å². The van der Waals surface area contributed by atoms with Gasteiger partial charge in [-0.25, -0.2) is 8.78 Å². The fraction of sp³-hybridized carbons (Fsp3) is 0.474. The van der Waals surface area contributed by atoms with E-state index in [0.717, 1.165) is 17.8 Å². The number of nitrogens with zero attached hydrogens (tertiary/aromatic N) is 2. The number of amides is 1. The number of carbonyl (C=O) groups is 1. The minimum Gasteiger partial charge on any atom is -0.387 e. The van der Waals surface area contributed by atoms with Crippen LogP contribution in [0.1, 0.15) is 53.5 Å². The quantitative estimate of drug-likeness (QED) is 0.679. The van der Waals surface area contributed by atoms with Crippen LogP contribution in [-0.2, 0) is 13.2 Å². The molecule has 2 aromatic rings. The Kier molecular flexibility index (Phi) is 6.10. The fourth-order valence-corrected chi connectivity index (χ4v) is 3.87. The van der Waals surface area contributed by atoms with E-state index in [1.54, 1.807) is 0 Å². The molecule has 1 amide bonds. The lowest BCUT2D eigenvalue weighted by atomic mass is 9.76. The molecule has 1 heterocycles. The Morgan fingerprint density at radius 3 is 2.57 bits per heavy atom. The molecule has 0 radical (unpaired) electrons. The van der Waals surface area contributed by atoms with E-state index in [2.05, 4.69) is 10.4 Å². The zero-order valence-electron chi connectivity index (χ0n) is 15.8. The van der Waals surface area contributed by atoms with Crippen LogP contribution in [0.2, 0.25) is 5.02 Å². The van der Waals surface area contributed by atoms with Crippen molar-refractivity contribution in [2.24, 2.45) is 7.05 Å². The van der Waals surface area contributed by atoms with Gasteiger partial charge in [0.15, 0.2) is 5.69 Å². The number of alkyl halides is 4. The third kappa shape index (κ3) is 4.44. The van der Waals surface area contributed by atoms with Crippen LogP contribution in [0, 0.1) is 5.82 Å². The first kappa shape index (κ1) is 22.5. The van der Waals surface area contributed by atoms with Gasteiger partial charge in [-0.3, -0.25) is 9.48 Å². The van der Waals surface area contributed by atoms with Gasteiger partial charge in [0.2, 0.25) is 0 Å². The smallest absolute Gasteiger partial charge is 0.387 e. The molecule has 1 unspecified atom stereocenters. The number of hydrogen-bond donors (Lipinski definition) is 2. The Labute approximate surface area is 173 Å². The Morgan fingerprint density at radius 1 is 1.37 bits per heavy atom. The van der Waals surface area contributed by atoms with Crippen molar-refractivity contribution in [2.45, 2.75) is 49.7 Å². The Morgan fingerprint density at radius 2 is 2.00 bits per heavy atom. The minimum absolute atomic E-state index is 0.0136. The second-order valence-corrected chi connectivity index (χ2v) is 7.74. The molecule has 0 aliphatic heterocycles. The van der Waals surface area contributed by atoms with Crippen molar-refractivity contribution in [3.05, 3.63) is 52.1 Å². The highest BCUT2D eigenvalue weighted by Gasteiger charge is 2.44. The van der Waals surface area contributed by atoms with Crippen LogP contribution in [0.25, 0.3) is 0 Å². The maximum atomic E-state index is 14.0. The van der Waals surface area contributed by atoms with Crippen LogP contribution >= 0.6 is 11.6 Å². The lowest BCUT2D eigenvalue weighted by molar-refractivity contribution is -0.141. The first-order valence-electron chi connectivity index (χ1n) is 9.15. The SMILES string of the molecule is Cn1nc(C(F)(F)F)cc1C(=O)NC(c1cccc(F)c1Cl)C1(O)CCC(F)CC1. The van der Waals surface area contributed by atoms with Crippen LogP contribution in [-0.4, -0.2) is 32.6 Å². The molecule has 0 saturated heterocycles. The predicted octanol–water partition coefficient (Wildman–Crippen LogP) is 4.35. The van der Waals surface area contributed by atoms with Gasteiger partial charge in [0.05, 0.1) is 16.7 Å². The summed E-state index contributed by atoms with van der Waals surface area (Å²) in [5.41, 5.74) is -3.29. The molecule has 2 N–H and O–H groups in total. The molecule has 1 atom stereocenters. The number of aromatic nitrogens is 2. The van der Waals surface area contributed by atoms with Gasteiger partial charge in [0, 0.05) is 13.1 Å². The van der Waals surface area contributed by atoms with Crippen molar-refractivity contribution in [2.75, 3.05) is 0 Å². The summed E-state index contributed by atoms with van der Waals surface area (Å²) in [5.74, 6) is -1.77. The van der Waals surface area contributed by atoms with Crippen LogP contribution in [0.15, 0.2) is 24.3 Å². The van der Waals surface area contributed by atoms with E-state index >= 15 is 0 Å². The Hall–Kier alpha value is -2.20. The van der Waals surface area contributed by atoms with Crippen LogP contribution in [0.3, 0.4) is 0 Å². The van der Waals surface area contributed by atoms with Crippen LogP contribution in [0.4, 0.5) is 22.0 Å². The second kappa shape index (κ2) is 8.14. The first-order chi connectivity index (χ1) is 13.9. The summed E-state index contributed by atoms with van der Waals surface area (Å²) in [6.45, 7) is 0. The molecule has 0 bridgehead atoms. The van der Waals surface area contributed by atoms with Gasteiger partial charge in [-0.05, 0) is 37.3 Å². The number of hydrogen-bond acceptors (Lipinski definition) is 3. The first-order valence-corrected chi connectivity index (χ1v) is 9.52. The Balaban J connectivity index is 1.98. The molecule has 1 aliphatic rings. The van der Waals surface area contributed by atoms with Crippen molar-refractivity contribution < 1.29 is 31.9 Å². The van der Waals surface area contributed by atoms with Crippen LogP contribution < -0.4 is 5.32 Å². The summed E-state index contributed by atoms with van der Waals surface area (Å²) < 4.78 is 67.2. The molecule has 1 aromatic carbocycles. The van der Waals surface area contributed by atoms with Gasteiger partial charge in [-0.15, -0.1) is 0 Å². The predicted molar refractivity (Wildman–Crippen MR) is 98.1 cm³/mol. The molecule has 0 spiro atoms. The highest BCUT2D eigenvalue weighted by Crippen LogP contribution is 2.42. The number of aliphatic hydroxyl groups is 1. The summed E-state index contributed by atoms with van der Waals surface area (Å²) in [4.78, 5) is 12.8. The summed E-state index contributed by atoms with van der Waals surface area (Å²) in [5, 5.41) is 16.5. The van der Waals surface area contributed by atoms with Crippen molar-refractivity contribution in [3.8, 4) is 0 Å². The van der Waals surface area contributed by atoms with E-state index in [1.807, 2.05) is 0 Å². The minimum atomic E-state index is -4.75. The van der Waals surface area contributed by atoms with Gasteiger partial charge in [0.1, 0.15) is 17.7 Å². The van der Waals surface area contributed by atoms with E-state index < -0.39 is 47.1 Å². The third-order valence-corrected chi connectivity index (χ3v) is 5.69.